The SMILES string of the molecule is CC[C@H](C(=O)NC(C)(C)C)N(Cc1cccc(C)c1)C(=O)CN(c1cccc(Cl)c1)S(=O)(=O)c1ccccc1. The summed E-state index contributed by atoms with van der Waals surface area (Å²) in [6.45, 7) is 9.03. The van der Waals surface area contributed by atoms with Crippen LogP contribution in [0.3, 0.4) is 0 Å². The predicted octanol–water partition coefficient (Wildman–Crippen LogP) is 5.57. The van der Waals surface area contributed by atoms with Crippen molar-refractivity contribution in [3.8, 4) is 0 Å². The third kappa shape index (κ3) is 8.07. The van der Waals surface area contributed by atoms with Crippen LogP contribution in [0.2, 0.25) is 5.02 Å². The molecule has 0 spiro atoms. The lowest BCUT2D eigenvalue weighted by Gasteiger charge is -2.34. The molecular weight excluding hydrogens is 534 g/mol. The minimum absolute atomic E-state index is 0.0422. The van der Waals surface area contributed by atoms with Crippen LogP contribution in [-0.4, -0.2) is 43.3 Å². The molecule has 208 valence electrons. The van der Waals surface area contributed by atoms with Crippen LogP contribution < -0.4 is 9.62 Å². The zero-order chi connectivity index (χ0) is 28.8. The van der Waals surface area contributed by atoms with E-state index in [0.717, 1.165) is 15.4 Å². The maximum Gasteiger partial charge on any atom is 0.264 e. The van der Waals surface area contributed by atoms with E-state index in [9.17, 15) is 18.0 Å². The van der Waals surface area contributed by atoms with Crippen LogP contribution >= 0.6 is 11.6 Å². The highest BCUT2D eigenvalue weighted by molar-refractivity contribution is 7.92. The molecule has 3 rings (SSSR count). The maximum atomic E-state index is 14.1. The molecule has 39 heavy (non-hydrogen) atoms. The third-order valence-corrected chi connectivity index (χ3v) is 8.05. The lowest BCUT2D eigenvalue weighted by molar-refractivity contribution is -0.141. The van der Waals surface area contributed by atoms with E-state index in [0.29, 0.717) is 11.4 Å². The summed E-state index contributed by atoms with van der Waals surface area (Å²) in [6.07, 6.45) is 0.349. The van der Waals surface area contributed by atoms with Crippen molar-refractivity contribution in [3.63, 3.8) is 0 Å². The number of amides is 2. The molecule has 0 saturated carbocycles. The van der Waals surface area contributed by atoms with Gasteiger partial charge in [0.15, 0.2) is 0 Å². The van der Waals surface area contributed by atoms with E-state index in [1.807, 2.05) is 58.9 Å². The highest BCUT2D eigenvalue weighted by Crippen LogP contribution is 2.27. The number of nitrogens with zero attached hydrogens (tertiary/aromatic N) is 2. The minimum atomic E-state index is -4.13. The van der Waals surface area contributed by atoms with Crippen LogP contribution in [0.1, 0.15) is 45.2 Å². The Kier molecular flexibility index (Phi) is 9.80. The standard InChI is InChI=1S/C30H36ClN3O4S/c1-6-27(29(36)32-30(3,4)5)33(20-23-13-10-12-22(2)18-23)28(35)21-34(25-15-11-14-24(31)19-25)39(37,38)26-16-8-7-9-17-26/h7-19,27H,6,20-21H2,1-5H3,(H,32,36)/t27-/m1/s1. The first-order valence-electron chi connectivity index (χ1n) is 12.8. The molecule has 3 aromatic carbocycles. The quantitative estimate of drug-likeness (QED) is 0.346. The van der Waals surface area contributed by atoms with Gasteiger partial charge >= 0.3 is 0 Å². The molecule has 0 aromatic heterocycles. The number of carbonyl (C=O) groups excluding carboxylic acids is 2. The van der Waals surface area contributed by atoms with Crippen molar-refractivity contribution in [1.82, 2.24) is 10.2 Å². The Morgan fingerprint density at radius 3 is 2.21 bits per heavy atom. The Balaban J connectivity index is 2.07. The molecule has 0 heterocycles. The average molecular weight is 570 g/mol. The Hall–Kier alpha value is -3.36. The highest BCUT2D eigenvalue weighted by atomic mass is 35.5. The Labute approximate surface area is 236 Å². The fourth-order valence-corrected chi connectivity index (χ4v) is 5.87. The summed E-state index contributed by atoms with van der Waals surface area (Å²) in [5.41, 5.74) is 1.60. The Morgan fingerprint density at radius 1 is 0.949 bits per heavy atom. The number of hydrogen-bond acceptors (Lipinski definition) is 4. The molecule has 0 unspecified atom stereocenters. The van der Waals surface area contributed by atoms with Gasteiger partial charge < -0.3 is 10.2 Å². The number of benzene rings is 3. The van der Waals surface area contributed by atoms with E-state index in [1.54, 1.807) is 36.4 Å². The van der Waals surface area contributed by atoms with E-state index in [2.05, 4.69) is 5.32 Å². The Bertz CT molecular complexity index is 1400. The fourth-order valence-electron chi connectivity index (χ4n) is 4.26. The van der Waals surface area contributed by atoms with Crippen LogP contribution in [0.15, 0.2) is 83.8 Å². The molecule has 1 atom stereocenters. The summed E-state index contributed by atoms with van der Waals surface area (Å²) in [5, 5.41) is 3.30. The van der Waals surface area contributed by atoms with Crippen molar-refractivity contribution < 1.29 is 18.0 Å². The van der Waals surface area contributed by atoms with Crippen molar-refractivity contribution in [3.05, 3.63) is 95.0 Å². The molecule has 0 saturated heterocycles. The van der Waals surface area contributed by atoms with Gasteiger partial charge in [0.2, 0.25) is 11.8 Å². The average Bonchev–Trinajstić information content (AvgIpc) is 2.86. The number of carbonyl (C=O) groups is 2. The fraction of sp³-hybridized carbons (Fsp3) is 0.333. The normalized spacial score (nSPS) is 12.5. The molecule has 0 aliphatic carbocycles. The maximum absolute atomic E-state index is 14.1. The number of anilines is 1. The monoisotopic (exact) mass is 569 g/mol. The molecule has 3 aromatic rings. The number of nitrogens with one attached hydrogen (secondary N) is 1. The minimum Gasteiger partial charge on any atom is -0.350 e. The number of halogens is 1. The summed E-state index contributed by atoms with van der Waals surface area (Å²) >= 11 is 6.21. The smallest absolute Gasteiger partial charge is 0.264 e. The summed E-state index contributed by atoms with van der Waals surface area (Å²) in [7, 11) is -4.13. The van der Waals surface area contributed by atoms with E-state index in [4.69, 9.17) is 11.6 Å². The molecule has 1 N–H and O–H groups in total. The molecule has 0 aliphatic heterocycles. The lowest BCUT2D eigenvalue weighted by atomic mass is 10.0. The summed E-state index contributed by atoms with van der Waals surface area (Å²) in [6, 6.07) is 21.2. The van der Waals surface area contributed by atoms with E-state index in [-0.39, 0.29) is 23.0 Å². The molecule has 0 radical (unpaired) electrons. The number of sulfonamides is 1. The molecule has 7 nitrogen and oxygen atoms in total. The van der Waals surface area contributed by atoms with Gasteiger partial charge in [0.1, 0.15) is 12.6 Å². The highest BCUT2D eigenvalue weighted by Gasteiger charge is 2.34. The van der Waals surface area contributed by atoms with Crippen molar-refractivity contribution >= 4 is 39.1 Å². The van der Waals surface area contributed by atoms with E-state index >= 15 is 0 Å². The van der Waals surface area contributed by atoms with Gasteiger partial charge in [0, 0.05) is 17.1 Å². The number of rotatable bonds is 10. The third-order valence-electron chi connectivity index (χ3n) is 6.03. The van der Waals surface area contributed by atoms with Gasteiger partial charge in [-0.05, 0) is 70.0 Å². The lowest BCUT2D eigenvalue weighted by Crippen LogP contribution is -2.55. The van der Waals surface area contributed by atoms with Crippen molar-refractivity contribution in [2.24, 2.45) is 0 Å². The van der Waals surface area contributed by atoms with Gasteiger partial charge in [-0.2, -0.15) is 0 Å². The van der Waals surface area contributed by atoms with Gasteiger partial charge in [-0.15, -0.1) is 0 Å². The van der Waals surface area contributed by atoms with E-state index < -0.39 is 34.1 Å². The zero-order valence-electron chi connectivity index (χ0n) is 23.0. The van der Waals surface area contributed by atoms with Gasteiger partial charge in [-0.25, -0.2) is 8.42 Å². The first-order chi connectivity index (χ1) is 18.3. The number of hydrogen-bond donors (Lipinski definition) is 1. The van der Waals surface area contributed by atoms with Gasteiger partial charge in [-0.1, -0.05) is 72.6 Å². The second-order valence-electron chi connectivity index (χ2n) is 10.5. The first kappa shape index (κ1) is 30.2. The predicted molar refractivity (Wildman–Crippen MR) is 156 cm³/mol. The van der Waals surface area contributed by atoms with Crippen LogP contribution in [0.25, 0.3) is 0 Å². The van der Waals surface area contributed by atoms with Crippen molar-refractivity contribution in [2.45, 2.75) is 64.1 Å². The largest absolute Gasteiger partial charge is 0.350 e. The summed E-state index contributed by atoms with van der Waals surface area (Å²) < 4.78 is 28.6. The second kappa shape index (κ2) is 12.7. The van der Waals surface area contributed by atoms with Crippen LogP contribution in [0.5, 0.6) is 0 Å². The van der Waals surface area contributed by atoms with Gasteiger partial charge in [0.05, 0.1) is 10.6 Å². The Morgan fingerprint density at radius 2 is 1.62 bits per heavy atom. The van der Waals surface area contributed by atoms with Crippen molar-refractivity contribution in [2.75, 3.05) is 10.8 Å². The van der Waals surface area contributed by atoms with Crippen LogP contribution in [0, 0.1) is 6.92 Å². The topological polar surface area (TPSA) is 86.8 Å². The van der Waals surface area contributed by atoms with Crippen LogP contribution in [-0.2, 0) is 26.2 Å². The molecule has 9 heteroatoms. The molecule has 0 aliphatic rings. The second-order valence-corrected chi connectivity index (χ2v) is 12.8. The molecule has 0 bridgehead atoms. The first-order valence-corrected chi connectivity index (χ1v) is 14.6. The molecule has 0 fully saturated rings. The van der Waals surface area contributed by atoms with Crippen molar-refractivity contribution in [1.29, 1.82) is 0 Å². The summed E-state index contributed by atoms with van der Waals surface area (Å²) in [4.78, 5) is 28.9. The molecular formula is C30H36ClN3O4S. The summed E-state index contributed by atoms with van der Waals surface area (Å²) in [5.74, 6) is -0.807. The van der Waals surface area contributed by atoms with Gasteiger partial charge in [0.25, 0.3) is 10.0 Å². The van der Waals surface area contributed by atoms with Gasteiger partial charge in [-0.3, -0.25) is 13.9 Å². The zero-order valence-corrected chi connectivity index (χ0v) is 24.6. The number of aryl methyl sites for hydroxylation is 1. The molecule has 2 amide bonds. The van der Waals surface area contributed by atoms with E-state index in [1.165, 1.54) is 23.1 Å². The van der Waals surface area contributed by atoms with Crippen LogP contribution in [0.4, 0.5) is 5.69 Å².